The average molecular weight is 436 g/mol. The lowest BCUT2D eigenvalue weighted by atomic mass is 10.2. The Hall–Kier alpha value is -3.15. The predicted octanol–water partition coefficient (Wildman–Crippen LogP) is 0.758. The highest BCUT2D eigenvalue weighted by Crippen LogP contribution is 2.29. The molecule has 1 atom stereocenters. The monoisotopic (exact) mass is 436 g/mol. The van der Waals surface area contributed by atoms with Crippen molar-refractivity contribution in [3.8, 4) is 0 Å². The summed E-state index contributed by atoms with van der Waals surface area (Å²) < 4.78 is 22.6. The van der Waals surface area contributed by atoms with Crippen LogP contribution in [0.25, 0.3) is 0 Å². The molecule has 2 aromatic rings. The molecule has 1 aromatic carbocycles. The number of amides is 2. The molecule has 0 spiro atoms. The molecule has 10 nitrogen and oxygen atoms in total. The Morgan fingerprint density at radius 1 is 1.30 bits per heavy atom. The van der Waals surface area contributed by atoms with Gasteiger partial charge in [0, 0.05) is 33.1 Å². The molecule has 160 valence electrons. The number of nitrogens with zero attached hydrogens (tertiary/aromatic N) is 4. The fraction of sp³-hybridized carbons (Fsp3) is 0.444. The van der Waals surface area contributed by atoms with Crippen molar-refractivity contribution in [2.24, 2.45) is 0 Å². The van der Waals surface area contributed by atoms with Crippen LogP contribution in [0.3, 0.4) is 0 Å². The lowest BCUT2D eigenvalue weighted by Crippen LogP contribution is -2.47. The van der Waals surface area contributed by atoms with Gasteiger partial charge in [0.2, 0.25) is 11.0 Å². The number of carbonyl (C=O) groups excluding carboxylic acids is 2. The summed E-state index contributed by atoms with van der Waals surface area (Å²) in [6.45, 7) is 4.23. The molecule has 30 heavy (non-hydrogen) atoms. The molecule has 4 rings (SSSR count). The second kappa shape index (κ2) is 8.30. The van der Waals surface area contributed by atoms with Crippen molar-refractivity contribution in [1.82, 2.24) is 14.7 Å². The second-order valence-electron chi connectivity index (χ2n) is 7.07. The highest BCUT2D eigenvalue weighted by Gasteiger charge is 2.33. The first-order valence-corrected chi connectivity index (χ1v) is 10.3. The van der Waals surface area contributed by atoms with Crippen molar-refractivity contribution >= 4 is 40.0 Å². The molecule has 0 radical (unpaired) electrons. The summed E-state index contributed by atoms with van der Waals surface area (Å²) in [4.78, 5) is 43.5. The van der Waals surface area contributed by atoms with E-state index in [1.54, 1.807) is 12.1 Å². The van der Waals surface area contributed by atoms with Crippen molar-refractivity contribution in [2.45, 2.75) is 13.0 Å². The summed E-state index contributed by atoms with van der Waals surface area (Å²) in [5, 5.41) is 3.25. The standard InChI is InChI=1S/C18H21FN6O4S/c1-11(26)20-9-13-10-25(18(28)29-13)12-2-3-15(14(19)8-12)23-4-6-24(7-5-23)17-21-16(27)22-30-17/h2-3,8,13H,4-7,9-10H2,1H3,(H,20,26)(H,22,27)/t13-/m0/s1. The molecule has 2 aliphatic rings. The van der Waals surface area contributed by atoms with E-state index in [1.807, 2.05) is 9.80 Å². The molecular weight excluding hydrogens is 415 g/mol. The van der Waals surface area contributed by atoms with E-state index in [9.17, 15) is 18.8 Å². The zero-order valence-corrected chi connectivity index (χ0v) is 17.1. The Labute approximate surface area is 175 Å². The zero-order valence-electron chi connectivity index (χ0n) is 16.3. The number of aromatic nitrogens is 2. The summed E-state index contributed by atoms with van der Waals surface area (Å²) in [5.41, 5.74) is 0.501. The molecule has 2 saturated heterocycles. The van der Waals surface area contributed by atoms with Crippen LogP contribution in [0.15, 0.2) is 23.0 Å². The number of halogens is 1. The fourth-order valence-corrected chi connectivity index (χ4v) is 4.18. The molecule has 2 amide bonds. The van der Waals surface area contributed by atoms with Gasteiger partial charge in [-0.1, -0.05) is 0 Å². The van der Waals surface area contributed by atoms with Gasteiger partial charge in [-0.05, 0) is 29.7 Å². The van der Waals surface area contributed by atoms with E-state index in [1.165, 1.54) is 29.4 Å². The van der Waals surface area contributed by atoms with Gasteiger partial charge in [0.15, 0.2) is 0 Å². The Kier molecular flexibility index (Phi) is 5.57. The third-order valence-electron chi connectivity index (χ3n) is 5.01. The van der Waals surface area contributed by atoms with Crippen molar-refractivity contribution < 1.29 is 18.7 Å². The van der Waals surface area contributed by atoms with Crippen LogP contribution in [0.4, 0.5) is 25.7 Å². The Bertz CT molecular complexity index is 1000. The number of piperazine rings is 1. The number of cyclic esters (lactones) is 1. The van der Waals surface area contributed by atoms with Crippen LogP contribution in [0, 0.1) is 5.82 Å². The number of nitrogens with one attached hydrogen (secondary N) is 2. The van der Waals surface area contributed by atoms with Crippen molar-refractivity contribution in [3.63, 3.8) is 0 Å². The van der Waals surface area contributed by atoms with Crippen molar-refractivity contribution in [2.75, 3.05) is 54.0 Å². The van der Waals surface area contributed by atoms with Crippen LogP contribution in [-0.2, 0) is 9.53 Å². The van der Waals surface area contributed by atoms with Gasteiger partial charge in [-0.15, -0.1) is 0 Å². The van der Waals surface area contributed by atoms with E-state index in [-0.39, 0.29) is 24.7 Å². The number of H-pyrrole nitrogens is 1. The Morgan fingerprint density at radius 2 is 2.03 bits per heavy atom. The number of rotatable bonds is 5. The van der Waals surface area contributed by atoms with Crippen LogP contribution < -0.4 is 25.7 Å². The third kappa shape index (κ3) is 4.22. The fourth-order valence-electron chi connectivity index (χ4n) is 3.51. The summed E-state index contributed by atoms with van der Waals surface area (Å²) in [6, 6.07) is 4.66. The topological polar surface area (TPSA) is 111 Å². The van der Waals surface area contributed by atoms with E-state index in [0.29, 0.717) is 42.7 Å². The maximum Gasteiger partial charge on any atom is 0.414 e. The summed E-state index contributed by atoms with van der Waals surface area (Å²) in [6.07, 6.45) is -1.04. The zero-order chi connectivity index (χ0) is 21.3. The predicted molar refractivity (Wildman–Crippen MR) is 110 cm³/mol. The molecule has 12 heteroatoms. The maximum atomic E-state index is 14.8. The van der Waals surface area contributed by atoms with Crippen LogP contribution in [-0.4, -0.2) is 66.7 Å². The highest BCUT2D eigenvalue weighted by atomic mass is 32.1. The molecule has 3 heterocycles. The summed E-state index contributed by atoms with van der Waals surface area (Å²) in [5.74, 6) is -0.634. The number of hydrogen-bond acceptors (Lipinski definition) is 8. The summed E-state index contributed by atoms with van der Waals surface area (Å²) >= 11 is 1.19. The molecule has 2 aliphatic heterocycles. The van der Waals surface area contributed by atoms with Gasteiger partial charge >= 0.3 is 11.8 Å². The molecule has 2 N–H and O–H groups in total. The Balaban J connectivity index is 1.39. The minimum absolute atomic E-state index is 0.207. The highest BCUT2D eigenvalue weighted by molar-refractivity contribution is 7.09. The Morgan fingerprint density at radius 3 is 2.67 bits per heavy atom. The molecule has 1 aromatic heterocycles. The second-order valence-corrected chi connectivity index (χ2v) is 7.84. The van der Waals surface area contributed by atoms with Crippen LogP contribution in [0.5, 0.6) is 0 Å². The van der Waals surface area contributed by atoms with Crippen LogP contribution >= 0.6 is 11.5 Å². The van der Waals surface area contributed by atoms with Crippen LogP contribution in [0.1, 0.15) is 6.92 Å². The molecule has 0 aliphatic carbocycles. The maximum absolute atomic E-state index is 14.8. The molecule has 0 unspecified atom stereocenters. The van der Waals surface area contributed by atoms with E-state index in [4.69, 9.17) is 4.74 Å². The summed E-state index contributed by atoms with van der Waals surface area (Å²) in [7, 11) is 0. The number of benzene rings is 1. The normalized spacial score (nSPS) is 19.2. The van der Waals surface area contributed by atoms with Gasteiger partial charge in [0.25, 0.3) is 0 Å². The van der Waals surface area contributed by atoms with E-state index >= 15 is 0 Å². The number of carbonyl (C=O) groups is 2. The average Bonchev–Trinajstić information content (AvgIpc) is 3.32. The largest absolute Gasteiger partial charge is 0.442 e. The van der Waals surface area contributed by atoms with Crippen molar-refractivity contribution in [1.29, 1.82) is 0 Å². The number of ether oxygens (including phenoxy) is 1. The number of anilines is 3. The molecule has 0 saturated carbocycles. The first kappa shape index (κ1) is 20.1. The van der Waals surface area contributed by atoms with Crippen LogP contribution in [0.2, 0.25) is 0 Å². The number of aromatic amines is 1. The van der Waals surface area contributed by atoms with Gasteiger partial charge in [0.05, 0.1) is 24.5 Å². The van der Waals surface area contributed by atoms with E-state index in [0.717, 1.165) is 0 Å². The van der Waals surface area contributed by atoms with Gasteiger partial charge < -0.3 is 19.9 Å². The SMILES string of the molecule is CC(=O)NC[C@H]1CN(c2ccc(N3CCN(c4nc(=O)[nH]s4)CC3)c(F)c2)C(=O)O1. The number of hydrogen-bond donors (Lipinski definition) is 2. The lowest BCUT2D eigenvalue weighted by Gasteiger charge is -2.36. The van der Waals surface area contributed by atoms with Gasteiger partial charge in [-0.25, -0.2) is 14.0 Å². The first-order valence-electron chi connectivity index (χ1n) is 9.48. The molecular formula is C18H21FN6O4S. The van der Waals surface area contributed by atoms with Gasteiger partial charge in [0.1, 0.15) is 11.9 Å². The van der Waals surface area contributed by atoms with E-state index in [2.05, 4.69) is 14.7 Å². The van der Waals surface area contributed by atoms with E-state index < -0.39 is 18.0 Å². The third-order valence-corrected chi connectivity index (χ3v) is 5.82. The molecule has 0 bridgehead atoms. The minimum atomic E-state index is -0.566. The lowest BCUT2D eigenvalue weighted by molar-refractivity contribution is -0.119. The van der Waals surface area contributed by atoms with Gasteiger partial charge in [-0.3, -0.25) is 14.1 Å². The first-order chi connectivity index (χ1) is 14.4. The van der Waals surface area contributed by atoms with Gasteiger partial charge in [-0.2, -0.15) is 4.98 Å². The quantitative estimate of drug-likeness (QED) is 0.712. The van der Waals surface area contributed by atoms with Crippen molar-refractivity contribution in [3.05, 3.63) is 34.5 Å². The molecule has 2 fully saturated rings. The minimum Gasteiger partial charge on any atom is -0.442 e. The smallest absolute Gasteiger partial charge is 0.414 e.